The number of amides is 1. The maximum Gasteiger partial charge on any atom is 0.275 e. The van der Waals surface area contributed by atoms with E-state index in [9.17, 15) is 4.79 Å². The zero-order valence-corrected chi connectivity index (χ0v) is 13.1. The number of thiazole rings is 1. The van der Waals surface area contributed by atoms with Gasteiger partial charge in [0.05, 0.1) is 5.01 Å². The number of hydrogen-bond donors (Lipinski definition) is 2. The summed E-state index contributed by atoms with van der Waals surface area (Å²) in [4.78, 5) is 18.6. The summed E-state index contributed by atoms with van der Waals surface area (Å²) in [5.74, 6) is -0.180. The third-order valence-electron chi connectivity index (χ3n) is 2.89. The molecule has 0 fully saturated rings. The summed E-state index contributed by atoms with van der Waals surface area (Å²) < 4.78 is 0. The fourth-order valence-electron chi connectivity index (χ4n) is 1.96. The highest BCUT2D eigenvalue weighted by atomic mass is 32.1. The van der Waals surface area contributed by atoms with Crippen LogP contribution in [0.5, 0.6) is 0 Å². The second kappa shape index (κ2) is 7.31. The highest BCUT2D eigenvalue weighted by Crippen LogP contribution is 2.18. The van der Waals surface area contributed by atoms with Crippen LogP contribution in [0.4, 0.5) is 5.69 Å². The number of nitrogens with one attached hydrogen (secondary N) is 1. The van der Waals surface area contributed by atoms with Gasteiger partial charge in [0.1, 0.15) is 5.69 Å². The minimum Gasteiger partial charge on any atom is -0.330 e. The van der Waals surface area contributed by atoms with Crippen molar-refractivity contribution in [3.05, 3.63) is 45.9 Å². The molecule has 0 saturated carbocycles. The molecule has 6 heteroatoms. The van der Waals surface area contributed by atoms with Crippen LogP contribution < -0.4 is 11.1 Å². The van der Waals surface area contributed by atoms with Crippen molar-refractivity contribution >= 4 is 22.9 Å². The van der Waals surface area contributed by atoms with Crippen molar-refractivity contribution in [1.82, 2.24) is 9.88 Å². The Morgan fingerprint density at radius 3 is 2.86 bits per heavy atom. The number of carbonyl (C=O) groups excluding carboxylic acids is 1. The Kier molecular flexibility index (Phi) is 5.44. The lowest BCUT2D eigenvalue weighted by atomic mass is 10.1. The van der Waals surface area contributed by atoms with Gasteiger partial charge in [0.25, 0.3) is 5.91 Å². The first-order valence-corrected chi connectivity index (χ1v) is 7.66. The van der Waals surface area contributed by atoms with E-state index in [0.717, 1.165) is 22.8 Å². The summed E-state index contributed by atoms with van der Waals surface area (Å²) in [6.07, 6.45) is 0.704. The first kappa shape index (κ1) is 15.6. The largest absolute Gasteiger partial charge is 0.330 e. The van der Waals surface area contributed by atoms with Crippen molar-refractivity contribution in [3.8, 4) is 0 Å². The van der Waals surface area contributed by atoms with Crippen molar-refractivity contribution in [2.45, 2.75) is 13.0 Å². The molecule has 112 valence electrons. The van der Waals surface area contributed by atoms with Gasteiger partial charge >= 0.3 is 0 Å². The smallest absolute Gasteiger partial charge is 0.275 e. The van der Waals surface area contributed by atoms with Gasteiger partial charge < -0.3 is 16.0 Å². The number of nitrogens with zero attached hydrogens (tertiary/aromatic N) is 2. The summed E-state index contributed by atoms with van der Waals surface area (Å²) in [7, 11) is 4.00. The molecule has 0 spiro atoms. The van der Waals surface area contributed by atoms with Gasteiger partial charge in [-0.1, -0.05) is 18.2 Å². The molecule has 0 atom stereocenters. The lowest BCUT2D eigenvalue weighted by Gasteiger charge is -2.14. The lowest BCUT2D eigenvalue weighted by Crippen LogP contribution is -2.17. The number of rotatable bonds is 6. The Morgan fingerprint density at radius 2 is 2.14 bits per heavy atom. The molecular weight excluding hydrogens is 284 g/mol. The molecule has 0 aliphatic rings. The molecule has 1 amide bonds. The summed E-state index contributed by atoms with van der Waals surface area (Å²) in [6.45, 7) is 1.31. The molecule has 1 aromatic carbocycles. The maximum atomic E-state index is 12.3. The highest BCUT2D eigenvalue weighted by molar-refractivity contribution is 7.09. The first-order valence-electron chi connectivity index (χ1n) is 6.78. The Labute approximate surface area is 128 Å². The van der Waals surface area contributed by atoms with E-state index < -0.39 is 0 Å². The fraction of sp³-hybridized carbons (Fsp3) is 0.333. The Morgan fingerprint density at radius 1 is 1.38 bits per heavy atom. The van der Waals surface area contributed by atoms with Gasteiger partial charge in [0.2, 0.25) is 0 Å². The molecule has 21 heavy (non-hydrogen) atoms. The second-order valence-corrected chi connectivity index (χ2v) is 5.96. The molecule has 1 heterocycles. The van der Waals surface area contributed by atoms with Gasteiger partial charge in [-0.05, 0) is 32.3 Å². The third-order valence-corrected chi connectivity index (χ3v) is 3.80. The van der Waals surface area contributed by atoms with E-state index in [0.29, 0.717) is 18.7 Å². The molecule has 2 rings (SSSR count). The molecule has 0 aliphatic carbocycles. The molecule has 0 radical (unpaired) electrons. The topological polar surface area (TPSA) is 71.2 Å². The molecule has 5 nitrogen and oxygen atoms in total. The monoisotopic (exact) mass is 304 g/mol. The Balaban J connectivity index is 2.11. The zero-order chi connectivity index (χ0) is 15.2. The molecule has 3 N–H and O–H groups in total. The van der Waals surface area contributed by atoms with Crippen LogP contribution in [0, 0.1) is 0 Å². The number of anilines is 1. The molecule has 2 aromatic rings. The van der Waals surface area contributed by atoms with Crippen LogP contribution >= 0.6 is 11.3 Å². The number of para-hydroxylation sites is 1. The minimum absolute atomic E-state index is 0.180. The normalized spacial score (nSPS) is 10.9. The summed E-state index contributed by atoms with van der Waals surface area (Å²) in [5.41, 5.74) is 7.85. The highest BCUT2D eigenvalue weighted by Gasteiger charge is 2.12. The van der Waals surface area contributed by atoms with E-state index in [1.807, 2.05) is 38.4 Å². The van der Waals surface area contributed by atoms with Gasteiger partial charge in [-0.15, -0.1) is 11.3 Å². The number of nitrogens with two attached hydrogens (primary N) is 1. The Bertz CT molecular complexity index is 609. The number of hydrogen-bond acceptors (Lipinski definition) is 5. The van der Waals surface area contributed by atoms with Crippen molar-refractivity contribution in [2.75, 3.05) is 26.0 Å². The SMILES string of the molecule is CN(C)Cc1ccccc1NC(=O)c1csc(CCN)n1. The van der Waals surface area contributed by atoms with E-state index in [-0.39, 0.29) is 5.91 Å². The van der Waals surface area contributed by atoms with Crippen LogP contribution in [0.15, 0.2) is 29.6 Å². The molecule has 0 bridgehead atoms. The number of aromatic nitrogens is 1. The van der Waals surface area contributed by atoms with Crippen LogP contribution in [0.3, 0.4) is 0 Å². The second-order valence-electron chi connectivity index (χ2n) is 5.01. The van der Waals surface area contributed by atoms with E-state index in [1.54, 1.807) is 5.38 Å². The minimum atomic E-state index is -0.180. The summed E-state index contributed by atoms with van der Waals surface area (Å²) in [6, 6.07) is 7.80. The molecule has 0 saturated heterocycles. The number of carbonyl (C=O) groups is 1. The van der Waals surface area contributed by atoms with Gasteiger partial charge in [0.15, 0.2) is 0 Å². The Hall–Kier alpha value is -1.76. The van der Waals surface area contributed by atoms with Crippen molar-refractivity contribution in [2.24, 2.45) is 5.73 Å². The van der Waals surface area contributed by atoms with Crippen molar-refractivity contribution in [3.63, 3.8) is 0 Å². The van der Waals surface area contributed by atoms with Crippen LogP contribution in [0.25, 0.3) is 0 Å². The predicted octanol–water partition coefficient (Wildman–Crippen LogP) is 1.96. The average molecular weight is 304 g/mol. The van der Waals surface area contributed by atoms with Crippen LogP contribution in [-0.4, -0.2) is 36.4 Å². The fourth-order valence-corrected chi connectivity index (χ4v) is 2.75. The van der Waals surface area contributed by atoms with Gasteiger partial charge in [-0.2, -0.15) is 0 Å². The summed E-state index contributed by atoms with van der Waals surface area (Å²) in [5, 5.41) is 5.60. The third kappa shape index (κ3) is 4.35. The standard InChI is InChI=1S/C15H20N4OS/c1-19(2)9-11-5-3-4-6-12(11)18-15(20)13-10-21-14(17-13)7-8-16/h3-6,10H,7-9,16H2,1-2H3,(H,18,20). The maximum absolute atomic E-state index is 12.3. The van der Waals surface area contributed by atoms with Gasteiger partial charge in [0, 0.05) is 24.0 Å². The van der Waals surface area contributed by atoms with Crippen LogP contribution in [0.1, 0.15) is 21.1 Å². The molecule has 1 aromatic heterocycles. The molecular formula is C15H20N4OS. The van der Waals surface area contributed by atoms with E-state index in [1.165, 1.54) is 11.3 Å². The van der Waals surface area contributed by atoms with Crippen molar-refractivity contribution in [1.29, 1.82) is 0 Å². The molecule has 0 unspecified atom stereocenters. The summed E-state index contributed by atoms with van der Waals surface area (Å²) >= 11 is 1.47. The van der Waals surface area contributed by atoms with Gasteiger partial charge in [-0.3, -0.25) is 4.79 Å². The lowest BCUT2D eigenvalue weighted by molar-refractivity contribution is 0.102. The first-order chi connectivity index (χ1) is 10.1. The van der Waals surface area contributed by atoms with Crippen LogP contribution in [0.2, 0.25) is 0 Å². The van der Waals surface area contributed by atoms with E-state index in [2.05, 4.69) is 15.2 Å². The average Bonchev–Trinajstić information content (AvgIpc) is 2.89. The predicted molar refractivity (Wildman–Crippen MR) is 86.7 cm³/mol. The van der Waals surface area contributed by atoms with Crippen molar-refractivity contribution < 1.29 is 4.79 Å². The van der Waals surface area contributed by atoms with E-state index >= 15 is 0 Å². The quantitative estimate of drug-likeness (QED) is 0.856. The molecule has 0 aliphatic heterocycles. The van der Waals surface area contributed by atoms with Gasteiger partial charge in [-0.25, -0.2) is 4.98 Å². The zero-order valence-electron chi connectivity index (χ0n) is 12.3. The van der Waals surface area contributed by atoms with Crippen LogP contribution in [-0.2, 0) is 13.0 Å². The number of benzene rings is 1. The van der Waals surface area contributed by atoms with E-state index in [4.69, 9.17) is 5.73 Å².